The molecule has 0 aliphatic rings. The monoisotopic (exact) mass is 275 g/mol. The highest BCUT2D eigenvalue weighted by molar-refractivity contribution is 6.30. The number of rotatable bonds is 5. The molecule has 0 aliphatic carbocycles. The van der Waals surface area contributed by atoms with Crippen LogP contribution in [0.5, 0.6) is 5.75 Å². The molecule has 2 nitrogen and oxygen atoms in total. The lowest BCUT2D eigenvalue weighted by atomic mass is 9.88. The van der Waals surface area contributed by atoms with E-state index in [0.29, 0.717) is 12.5 Å². The second-order valence-electron chi connectivity index (χ2n) is 4.45. The maximum absolute atomic E-state index is 5.94. The highest BCUT2D eigenvalue weighted by atomic mass is 35.5. The van der Waals surface area contributed by atoms with E-state index in [1.54, 1.807) is 7.11 Å². The Labute approximate surface area is 119 Å². The summed E-state index contributed by atoms with van der Waals surface area (Å²) < 4.78 is 5.19. The lowest BCUT2D eigenvalue weighted by molar-refractivity contribution is 0.414. The first-order valence-electron chi connectivity index (χ1n) is 6.34. The summed E-state index contributed by atoms with van der Waals surface area (Å²) in [6.07, 6.45) is 0.911. The van der Waals surface area contributed by atoms with Crippen molar-refractivity contribution in [2.24, 2.45) is 5.73 Å². The van der Waals surface area contributed by atoms with E-state index in [4.69, 9.17) is 22.1 Å². The molecule has 0 bridgehead atoms. The van der Waals surface area contributed by atoms with Gasteiger partial charge in [-0.2, -0.15) is 0 Å². The third kappa shape index (κ3) is 3.49. The van der Waals surface area contributed by atoms with Crippen molar-refractivity contribution in [3.05, 3.63) is 64.7 Å². The van der Waals surface area contributed by atoms with Gasteiger partial charge < -0.3 is 10.5 Å². The maximum Gasteiger partial charge on any atom is 0.118 e. The molecule has 2 aromatic rings. The van der Waals surface area contributed by atoms with Gasteiger partial charge in [0.1, 0.15) is 5.75 Å². The molecule has 0 saturated carbocycles. The molecular weight excluding hydrogens is 258 g/mol. The number of halogens is 1. The molecule has 3 heteroatoms. The summed E-state index contributed by atoms with van der Waals surface area (Å²) >= 11 is 5.94. The predicted octanol–water partition coefficient (Wildman–Crippen LogP) is 3.83. The lowest BCUT2D eigenvalue weighted by Crippen LogP contribution is -2.08. The molecule has 100 valence electrons. The third-order valence-corrected chi connectivity index (χ3v) is 3.50. The van der Waals surface area contributed by atoms with Gasteiger partial charge in [0.15, 0.2) is 0 Å². The first kappa shape index (κ1) is 13.9. The highest BCUT2D eigenvalue weighted by Crippen LogP contribution is 2.29. The Morgan fingerprint density at radius 2 is 1.53 bits per heavy atom. The normalized spacial score (nSPS) is 12.2. The second-order valence-corrected chi connectivity index (χ2v) is 4.89. The van der Waals surface area contributed by atoms with E-state index in [9.17, 15) is 0 Å². The van der Waals surface area contributed by atoms with Gasteiger partial charge in [0.2, 0.25) is 0 Å². The van der Waals surface area contributed by atoms with E-state index in [0.717, 1.165) is 17.2 Å². The first-order chi connectivity index (χ1) is 9.24. The summed E-state index contributed by atoms with van der Waals surface area (Å²) in [5.41, 5.74) is 8.22. The van der Waals surface area contributed by atoms with Crippen molar-refractivity contribution in [3.8, 4) is 5.75 Å². The lowest BCUT2D eigenvalue weighted by Gasteiger charge is -2.17. The van der Waals surface area contributed by atoms with Crippen LogP contribution in [0.15, 0.2) is 48.5 Å². The zero-order chi connectivity index (χ0) is 13.7. The van der Waals surface area contributed by atoms with E-state index in [1.807, 2.05) is 24.3 Å². The Bertz CT molecular complexity index is 507. The Morgan fingerprint density at radius 3 is 2.00 bits per heavy atom. The van der Waals surface area contributed by atoms with Crippen LogP contribution in [-0.4, -0.2) is 13.7 Å². The van der Waals surface area contributed by atoms with Crippen LogP contribution in [0.1, 0.15) is 23.5 Å². The van der Waals surface area contributed by atoms with E-state index >= 15 is 0 Å². The van der Waals surface area contributed by atoms with Crippen molar-refractivity contribution in [2.45, 2.75) is 12.3 Å². The van der Waals surface area contributed by atoms with Crippen molar-refractivity contribution < 1.29 is 4.74 Å². The summed E-state index contributed by atoms with van der Waals surface area (Å²) in [6.45, 7) is 0.652. The van der Waals surface area contributed by atoms with Crippen LogP contribution in [0, 0.1) is 0 Å². The van der Waals surface area contributed by atoms with Gasteiger partial charge in [0.25, 0.3) is 0 Å². The molecule has 2 rings (SSSR count). The molecule has 0 amide bonds. The summed E-state index contributed by atoms with van der Waals surface area (Å²) in [7, 11) is 1.67. The number of ether oxygens (including phenoxy) is 1. The Hall–Kier alpha value is -1.51. The van der Waals surface area contributed by atoms with Crippen molar-refractivity contribution in [1.29, 1.82) is 0 Å². The molecule has 2 aromatic carbocycles. The quantitative estimate of drug-likeness (QED) is 0.900. The number of nitrogens with two attached hydrogens (primary N) is 1. The van der Waals surface area contributed by atoms with Gasteiger partial charge in [-0.25, -0.2) is 0 Å². The van der Waals surface area contributed by atoms with Gasteiger partial charge >= 0.3 is 0 Å². The van der Waals surface area contributed by atoms with Crippen molar-refractivity contribution in [1.82, 2.24) is 0 Å². The Kier molecular flexibility index (Phi) is 4.83. The largest absolute Gasteiger partial charge is 0.497 e. The minimum Gasteiger partial charge on any atom is -0.497 e. The summed E-state index contributed by atoms with van der Waals surface area (Å²) in [6, 6.07) is 16.1. The maximum atomic E-state index is 5.94. The standard InChI is InChI=1S/C16H18ClNO/c1-19-15-8-4-13(5-9-15)16(10-11-18)12-2-6-14(17)7-3-12/h2-9,16H,10-11,18H2,1H3. The van der Waals surface area contributed by atoms with Crippen molar-refractivity contribution in [3.63, 3.8) is 0 Å². The minimum atomic E-state index is 0.299. The molecule has 0 aromatic heterocycles. The molecular formula is C16H18ClNO. The molecule has 2 N–H and O–H groups in total. The summed E-state index contributed by atoms with van der Waals surface area (Å²) in [4.78, 5) is 0. The Morgan fingerprint density at radius 1 is 1.00 bits per heavy atom. The van der Waals surface area contributed by atoms with Crippen molar-refractivity contribution in [2.75, 3.05) is 13.7 Å². The van der Waals surface area contributed by atoms with E-state index in [2.05, 4.69) is 24.3 Å². The number of hydrogen-bond acceptors (Lipinski definition) is 2. The van der Waals surface area contributed by atoms with Gasteiger partial charge in [-0.3, -0.25) is 0 Å². The van der Waals surface area contributed by atoms with Crippen LogP contribution in [0.2, 0.25) is 5.02 Å². The molecule has 0 spiro atoms. The van der Waals surface area contributed by atoms with Gasteiger partial charge in [-0.05, 0) is 48.4 Å². The SMILES string of the molecule is COc1ccc(C(CCN)c2ccc(Cl)cc2)cc1. The average Bonchev–Trinajstić information content (AvgIpc) is 2.46. The van der Waals surface area contributed by atoms with Crippen LogP contribution < -0.4 is 10.5 Å². The fourth-order valence-electron chi connectivity index (χ4n) is 2.22. The van der Waals surface area contributed by atoms with Crippen molar-refractivity contribution >= 4 is 11.6 Å². The van der Waals surface area contributed by atoms with Crippen LogP contribution in [0.4, 0.5) is 0 Å². The second kappa shape index (κ2) is 6.60. The molecule has 0 heterocycles. The molecule has 0 saturated heterocycles. The fraction of sp³-hybridized carbons (Fsp3) is 0.250. The predicted molar refractivity (Wildman–Crippen MR) is 80.0 cm³/mol. The first-order valence-corrected chi connectivity index (χ1v) is 6.72. The van der Waals surface area contributed by atoms with Gasteiger partial charge in [-0.15, -0.1) is 0 Å². The molecule has 1 unspecified atom stereocenters. The van der Waals surface area contributed by atoms with Crippen LogP contribution >= 0.6 is 11.6 Å². The van der Waals surface area contributed by atoms with E-state index in [1.165, 1.54) is 11.1 Å². The molecule has 0 radical (unpaired) electrons. The van der Waals surface area contributed by atoms with Crippen LogP contribution in [0.25, 0.3) is 0 Å². The zero-order valence-corrected chi connectivity index (χ0v) is 11.7. The van der Waals surface area contributed by atoms with Crippen LogP contribution in [0.3, 0.4) is 0 Å². The third-order valence-electron chi connectivity index (χ3n) is 3.25. The van der Waals surface area contributed by atoms with Gasteiger partial charge in [0, 0.05) is 10.9 Å². The van der Waals surface area contributed by atoms with Gasteiger partial charge in [-0.1, -0.05) is 35.9 Å². The van der Waals surface area contributed by atoms with E-state index < -0.39 is 0 Å². The molecule has 1 atom stereocenters. The zero-order valence-electron chi connectivity index (χ0n) is 11.0. The number of methoxy groups -OCH3 is 1. The summed E-state index contributed by atoms with van der Waals surface area (Å²) in [5.74, 6) is 1.17. The topological polar surface area (TPSA) is 35.2 Å². The molecule has 0 aliphatic heterocycles. The van der Waals surface area contributed by atoms with E-state index in [-0.39, 0.29) is 0 Å². The molecule has 0 fully saturated rings. The average molecular weight is 276 g/mol. The smallest absolute Gasteiger partial charge is 0.118 e. The van der Waals surface area contributed by atoms with Crippen LogP contribution in [-0.2, 0) is 0 Å². The fourth-order valence-corrected chi connectivity index (χ4v) is 2.35. The van der Waals surface area contributed by atoms with Gasteiger partial charge in [0.05, 0.1) is 7.11 Å². The number of benzene rings is 2. The minimum absolute atomic E-state index is 0.299. The highest BCUT2D eigenvalue weighted by Gasteiger charge is 2.13. The molecule has 19 heavy (non-hydrogen) atoms. The Balaban J connectivity index is 2.30. The summed E-state index contributed by atoms with van der Waals surface area (Å²) in [5, 5.41) is 0.755. The number of hydrogen-bond donors (Lipinski definition) is 1.